The predicted molar refractivity (Wildman–Crippen MR) is 69.1 cm³/mol. The van der Waals surface area contributed by atoms with E-state index in [1.165, 1.54) is 5.56 Å². The zero-order valence-electron chi connectivity index (χ0n) is 10.1. The van der Waals surface area contributed by atoms with E-state index < -0.39 is 10.3 Å². The van der Waals surface area contributed by atoms with Crippen LogP contribution in [0.15, 0.2) is 30.3 Å². The van der Waals surface area contributed by atoms with Gasteiger partial charge in [0.25, 0.3) is 0 Å². The second kappa shape index (κ2) is 4.19. The molecule has 2 atom stereocenters. The van der Waals surface area contributed by atoms with Gasteiger partial charge in [0.05, 0.1) is 12.1 Å². The van der Waals surface area contributed by atoms with Crippen LogP contribution >= 0.6 is 0 Å². The lowest BCUT2D eigenvalue weighted by atomic mass is 9.96. The minimum atomic E-state index is -3.61. The van der Waals surface area contributed by atoms with Gasteiger partial charge >= 0.3 is 10.3 Å². The van der Waals surface area contributed by atoms with Crippen LogP contribution in [-0.4, -0.2) is 20.6 Å². The van der Waals surface area contributed by atoms with E-state index in [4.69, 9.17) is 4.18 Å². The first-order valence-corrected chi connectivity index (χ1v) is 7.45. The minimum Gasteiger partial charge on any atom is -0.255 e. The van der Waals surface area contributed by atoms with E-state index in [0.29, 0.717) is 6.42 Å². The van der Waals surface area contributed by atoms with Crippen molar-refractivity contribution in [1.29, 1.82) is 0 Å². The normalized spacial score (nSPS) is 29.7. The van der Waals surface area contributed by atoms with Gasteiger partial charge in [0.15, 0.2) is 0 Å². The van der Waals surface area contributed by atoms with E-state index >= 15 is 0 Å². The zero-order chi connectivity index (χ0) is 12.8. The first kappa shape index (κ1) is 11.9. The van der Waals surface area contributed by atoms with Crippen LogP contribution in [0, 0.1) is 0 Å². The molecule has 2 aliphatic rings. The summed E-state index contributed by atoms with van der Waals surface area (Å²) in [5.41, 5.74) is 3.48. The first-order valence-electron chi connectivity index (χ1n) is 6.04. The summed E-state index contributed by atoms with van der Waals surface area (Å²) in [5, 5.41) is 0. The standard InChI is InChI=1S/C13H15NO3S/c1-9-8-13(14-18(15,16)17-9)12-7-6-10-4-2-3-5-11(10)12/h2-5,7,9,13-14H,6,8H2,1H3/t9-,13-/m0/s1. The fraction of sp³-hybridized carbons (Fsp3) is 0.385. The fourth-order valence-electron chi connectivity index (χ4n) is 2.67. The Morgan fingerprint density at radius 3 is 2.89 bits per heavy atom. The third-order valence-corrected chi connectivity index (χ3v) is 4.55. The molecule has 0 unspecified atom stereocenters. The molecule has 0 aromatic heterocycles. The lowest BCUT2D eigenvalue weighted by Crippen LogP contribution is -2.45. The molecule has 1 N–H and O–H groups in total. The number of rotatable bonds is 1. The molecular formula is C13H15NO3S. The highest BCUT2D eigenvalue weighted by molar-refractivity contribution is 7.84. The van der Waals surface area contributed by atoms with Crippen LogP contribution in [0.2, 0.25) is 0 Å². The summed E-state index contributed by atoms with van der Waals surface area (Å²) in [6, 6.07) is 7.93. The molecule has 0 bridgehead atoms. The van der Waals surface area contributed by atoms with E-state index in [1.807, 2.05) is 18.2 Å². The van der Waals surface area contributed by atoms with Gasteiger partial charge in [-0.05, 0) is 36.5 Å². The molecule has 18 heavy (non-hydrogen) atoms. The molecule has 5 heteroatoms. The van der Waals surface area contributed by atoms with Crippen molar-refractivity contribution in [2.24, 2.45) is 0 Å². The van der Waals surface area contributed by atoms with Gasteiger partial charge in [-0.3, -0.25) is 4.18 Å². The summed E-state index contributed by atoms with van der Waals surface area (Å²) in [5.74, 6) is 0. The maximum atomic E-state index is 11.6. The van der Waals surface area contributed by atoms with Gasteiger partial charge < -0.3 is 0 Å². The number of hydrogen-bond donors (Lipinski definition) is 1. The Morgan fingerprint density at radius 1 is 1.33 bits per heavy atom. The first-order chi connectivity index (χ1) is 8.55. The lowest BCUT2D eigenvalue weighted by molar-refractivity contribution is 0.185. The van der Waals surface area contributed by atoms with E-state index in [2.05, 4.69) is 16.9 Å². The van der Waals surface area contributed by atoms with Crippen molar-refractivity contribution in [1.82, 2.24) is 4.72 Å². The smallest absolute Gasteiger partial charge is 0.255 e. The van der Waals surface area contributed by atoms with Crippen LogP contribution in [0.4, 0.5) is 0 Å². The molecule has 1 aliphatic heterocycles. The van der Waals surface area contributed by atoms with Crippen LogP contribution in [-0.2, 0) is 20.9 Å². The van der Waals surface area contributed by atoms with Crippen LogP contribution < -0.4 is 4.72 Å². The molecule has 1 heterocycles. The topological polar surface area (TPSA) is 55.4 Å². The molecule has 1 aromatic carbocycles. The van der Waals surface area contributed by atoms with Crippen molar-refractivity contribution in [2.75, 3.05) is 0 Å². The summed E-state index contributed by atoms with van der Waals surface area (Å²) in [6.45, 7) is 1.78. The molecular weight excluding hydrogens is 250 g/mol. The molecule has 0 radical (unpaired) electrons. The van der Waals surface area contributed by atoms with Crippen molar-refractivity contribution in [3.63, 3.8) is 0 Å². The Kier molecular flexibility index (Phi) is 2.77. The minimum absolute atomic E-state index is 0.178. The van der Waals surface area contributed by atoms with Crippen molar-refractivity contribution in [2.45, 2.75) is 31.9 Å². The number of nitrogens with one attached hydrogen (secondary N) is 1. The molecule has 3 rings (SSSR count). The molecule has 96 valence electrons. The molecule has 1 saturated heterocycles. The van der Waals surface area contributed by atoms with Gasteiger partial charge in [-0.2, -0.15) is 13.1 Å². The van der Waals surface area contributed by atoms with Crippen molar-refractivity contribution in [3.8, 4) is 0 Å². The number of allylic oxidation sites excluding steroid dienone is 1. The Labute approximate surface area is 107 Å². The van der Waals surface area contributed by atoms with Gasteiger partial charge in [-0.25, -0.2) is 0 Å². The van der Waals surface area contributed by atoms with Crippen molar-refractivity contribution < 1.29 is 12.6 Å². The summed E-state index contributed by atoms with van der Waals surface area (Å²) in [4.78, 5) is 0. The SMILES string of the molecule is C[C@H]1C[C@@H](C2=CCc3ccccc32)NS(=O)(=O)O1. The number of hydrogen-bond acceptors (Lipinski definition) is 3. The van der Waals surface area contributed by atoms with Gasteiger partial charge in [0.1, 0.15) is 0 Å². The van der Waals surface area contributed by atoms with Crippen LogP contribution in [0.3, 0.4) is 0 Å². The number of benzene rings is 1. The van der Waals surface area contributed by atoms with Crippen LogP contribution in [0.1, 0.15) is 24.5 Å². The molecule has 0 amide bonds. The van der Waals surface area contributed by atoms with E-state index in [0.717, 1.165) is 17.6 Å². The molecule has 0 spiro atoms. The van der Waals surface area contributed by atoms with Crippen LogP contribution in [0.25, 0.3) is 5.57 Å². The van der Waals surface area contributed by atoms with Crippen LogP contribution in [0.5, 0.6) is 0 Å². The van der Waals surface area contributed by atoms with E-state index in [1.54, 1.807) is 6.92 Å². The van der Waals surface area contributed by atoms with Gasteiger partial charge in [0, 0.05) is 0 Å². The second-order valence-electron chi connectivity index (χ2n) is 4.79. The third kappa shape index (κ3) is 2.09. The lowest BCUT2D eigenvalue weighted by Gasteiger charge is -2.29. The second-order valence-corrected chi connectivity index (χ2v) is 6.12. The molecule has 1 aliphatic carbocycles. The predicted octanol–water partition coefficient (Wildman–Crippen LogP) is 1.64. The maximum Gasteiger partial charge on any atom is 0.336 e. The third-order valence-electron chi connectivity index (χ3n) is 3.39. The fourth-order valence-corrected chi connectivity index (χ4v) is 3.81. The summed E-state index contributed by atoms with van der Waals surface area (Å²) in [7, 11) is -3.61. The van der Waals surface area contributed by atoms with E-state index in [-0.39, 0.29) is 12.1 Å². The summed E-state index contributed by atoms with van der Waals surface area (Å²) >= 11 is 0. The Morgan fingerprint density at radius 2 is 2.11 bits per heavy atom. The molecule has 4 nitrogen and oxygen atoms in total. The van der Waals surface area contributed by atoms with E-state index in [9.17, 15) is 8.42 Å². The average Bonchev–Trinajstić information content (AvgIpc) is 2.69. The molecule has 1 aromatic rings. The highest BCUT2D eigenvalue weighted by Crippen LogP contribution is 2.33. The van der Waals surface area contributed by atoms with Crippen molar-refractivity contribution >= 4 is 15.9 Å². The van der Waals surface area contributed by atoms with Gasteiger partial charge in [-0.1, -0.05) is 30.3 Å². The van der Waals surface area contributed by atoms with Gasteiger partial charge in [-0.15, -0.1) is 0 Å². The Hall–Kier alpha value is -1.17. The quantitative estimate of drug-likeness (QED) is 0.840. The zero-order valence-corrected chi connectivity index (χ0v) is 10.9. The Balaban J connectivity index is 1.93. The maximum absolute atomic E-state index is 11.6. The number of fused-ring (bicyclic) bond motifs is 1. The summed E-state index contributed by atoms with van der Waals surface area (Å²) < 4.78 is 30.6. The average molecular weight is 265 g/mol. The Bertz CT molecular complexity index is 606. The molecule has 1 fully saturated rings. The summed E-state index contributed by atoms with van der Waals surface area (Å²) in [6.07, 6.45) is 3.36. The molecule has 0 saturated carbocycles. The largest absolute Gasteiger partial charge is 0.336 e. The highest BCUT2D eigenvalue weighted by atomic mass is 32.2. The highest BCUT2D eigenvalue weighted by Gasteiger charge is 2.33. The monoisotopic (exact) mass is 265 g/mol. The van der Waals surface area contributed by atoms with Gasteiger partial charge in [0.2, 0.25) is 0 Å². The van der Waals surface area contributed by atoms with Crippen molar-refractivity contribution in [3.05, 3.63) is 41.5 Å².